The predicted molar refractivity (Wildman–Crippen MR) is 87.6 cm³/mol. The number of hydrogen-bond acceptors (Lipinski definition) is 2. The van der Waals surface area contributed by atoms with Crippen molar-refractivity contribution in [2.24, 2.45) is 0 Å². The van der Waals surface area contributed by atoms with E-state index in [-0.39, 0.29) is 11.5 Å². The van der Waals surface area contributed by atoms with Gasteiger partial charge in [-0.25, -0.2) is 4.98 Å². The molecular weight excluding hydrogens is 331 g/mol. The van der Waals surface area contributed by atoms with E-state index in [1.807, 2.05) is 13.0 Å². The summed E-state index contributed by atoms with van der Waals surface area (Å²) in [5, 5.41) is 0.860. The minimum atomic E-state index is -0.182. The van der Waals surface area contributed by atoms with E-state index in [0.717, 1.165) is 42.9 Å². The van der Waals surface area contributed by atoms with Crippen molar-refractivity contribution >= 4 is 45.8 Å². The largest absolute Gasteiger partial charge is 0.376 e. The first kappa shape index (κ1) is 15.4. The Labute approximate surface area is 139 Å². The Balaban J connectivity index is 2.04. The number of ether oxygens (including phenoxy) is 1. The summed E-state index contributed by atoms with van der Waals surface area (Å²) in [6.45, 7) is 3.50. The second-order valence-electron chi connectivity index (χ2n) is 5.44. The molecule has 1 aliphatic rings. The number of aromatic nitrogens is 2. The highest BCUT2D eigenvalue weighted by molar-refractivity contribution is 6.42. The van der Waals surface area contributed by atoms with Crippen LogP contribution in [0.4, 0.5) is 0 Å². The van der Waals surface area contributed by atoms with E-state index in [1.54, 1.807) is 6.07 Å². The normalized spacial score (nSPS) is 20.9. The molecule has 2 aromatic rings. The molecule has 6 heteroatoms. The van der Waals surface area contributed by atoms with Crippen molar-refractivity contribution < 1.29 is 4.74 Å². The van der Waals surface area contributed by atoms with Gasteiger partial charge in [-0.1, -0.05) is 23.2 Å². The van der Waals surface area contributed by atoms with Gasteiger partial charge in [0.1, 0.15) is 5.82 Å². The highest BCUT2D eigenvalue weighted by Crippen LogP contribution is 2.32. The fourth-order valence-corrected chi connectivity index (χ4v) is 3.27. The van der Waals surface area contributed by atoms with Crippen LogP contribution in [0, 0.1) is 0 Å². The van der Waals surface area contributed by atoms with Crippen molar-refractivity contribution in [2.45, 2.75) is 44.2 Å². The number of rotatable bonds is 3. The van der Waals surface area contributed by atoms with Gasteiger partial charge < -0.3 is 9.30 Å². The maximum atomic E-state index is 6.29. The first-order valence-electron chi connectivity index (χ1n) is 7.17. The average molecular weight is 348 g/mol. The molecule has 1 saturated heterocycles. The van der Waals surface area contributed by atoms with Gasteiger partial charge in [-0.05, 0) is 38.3 Å². The van der Waals surface area contributed by atoms with Crippen LogP contribution in [0.3, 0.4) is 0 Å². The summed E-state index contributed by atoms with van der Waals surface area (Å²) in [5.41, 5.74) is 1.78. The second-order valence-corrected chi connectivity index (χ2v) is 6.91. The maximum Gasteiger partial charge on any atom is 0.127 e. The van der Waals surface area contributed by atoms with Crippen molar-refractivity contribution in [3.63, 3.8) is 0 Å². The molecule has 1 fully saturated rings. The fraction of sp³-hybridized carbons (Fsp3) is 0.533. The van der Waals surface area contributed by atoms with Gasteiger partial charge in [0.05, 0.1) is 39.1 Å². The second kappa shape index (κ2) is 6.33. The average Bonchev–Trinajstić information content (AvgIpc) is 2.79. The van der Waals surface area contributed by atoms with E-state index in [4.69, 9.17) is 39.5 Å². The Bertz CT molecular complexity index is 648. The summed E-state index contributed by atoms with van der Waals surface area (Å²) >= 11 is 18.5. The lowest BCUT2D eigenvalue weighted by atomic mass is 10.1. The van der Waals surface area contributed by atoms with Crippen LogP contribution in [-0.4, -0.2) is 22.3 Å². The van der Waals surface area contributed by atoms with Crippen LogP contribution in [0.1, 0.15) is 37.4 Å². The smallest absolute Gasteiger partial charge is 0.127 e. The van der Waals surface area contributed by atoms with Crippen molar-refractivity contribution in [2.75, 3.05) is 6.61 Å². The highest BCUT2D eigenvalue weighted by Gasteiger charge is 2.21. The molecule has 1 aliphatic heterocycles. The molecule has 3 rings (SSSR count). The Kier molecular flexibility index (Phi) is 4.65. The summed E-state index contributed by atoms with van der Waals surface area (Å²) in [6, 6.07) is 3.65. The van der Waals surface area contributed by atoms with Gasteiger partial charge in [0.15, 0.2) is 0 Å². The molecule has 1 aromatic carbocycles. The molecule has 3 nitrogen and oxygen atoms in total. The molecule has 2 heterocycles. The van der Waals surface area contributed by atoms with Crippen LogP contribution in [0.15, 0.2) is 12.1 Å². The first-order valence-corrected chi connectivity index (χ1v) is 8.36. The minimum Gasteiger partial charge on any atom is -0.376 e. The van der Waals surface area contributed by atoms with Gasteiger partial charge in [-0.15, -0.1) is 11.6 Å². The maximum absolute atomic E-state index is 6.29. The zero-order chi connectivity index (χ0) is 15.0. The number of nitrogens with zero attached hydrogens (tertiary/aromatic N) is 2. The van der Waals surface area contributed by atoms with Gasteiger partial charge in [0, 0.05) is 6.61 Å². The monoisotopic (exact) mass is 346 g/mol. The molecule has 1 aromatic heterocycles. The third-order valence-corrected chi connectivity index (χ3v) is 4.75. The number of halogens is 3. The molecule has 114 valence electrons. The number of imidazole rings is 1. The van der Waals surface area contributed by atoms with E-state index in [1.165, 1.54) is 6.42 Å². The number of benzene rings is 1. The quantitative estimate of drug-likeness (QED) is 0.712. The molecule has 0 radical (unpaired) electrons. The number of alkyl halides is 1. The molecular formula is C15H17Cl3N2O. The van der Waals surface area contributed by atoms with Gasteiger partial charge in [0.25, 0.3) is 0 Å². The minimum absolute atomic E-state index is 0.182. The predicted octanol–water partition coefficient (Wildman–Crippen LogP) is 5.21. The summed E-state index contributed by atoms with van der Waals surface area (Å²) in [7, 11) is 0. The van der Waals surface area contributed by atoms with Crippen LogP contribution in [0.2, 0.25) is 10.0 Å². The summed E-state index contributed by atoms with van der Waals surface area (Å²) in [6.07, 6.45) is 3.62. The Hall–Kier alpha value is -0.480. The van der Waals surface area contributed by atoms with Crippen LogP contribution < -0.4 is 0 Å². The van der Waals surface area contributed by atoms with Crippen molar-refractivity contribution in [1.29, 1.82) is 0 Å². The van der Waals surface area contributed by atoms with Crippen molar-refractivity contribution in [3.8, 4) is 0 Å². The van der Waals surface area contributed by atoms with E-state index >= 15 is 0 Å². The number of hydrogen-bond donors (Lipinski definition) is 0. The summed E-state index contributed by atoms with van der Waals surface area (Å²) in [4.78, 5) is 4.61. The third kappa shape index (κ3) is 3.16. The Morgan fingerprint density at radius 2 is 2.10 bits per heavy atom. The van der Waals surface area contributed by atoms with Gasteiger partial charge >= 0.3 is 0 Å². The lowest BCUT2D eigenvalue weighted by molar-refractivity contribution is 0.00619. The van der Waals surface area contributed by atoms with Crippen LogP contribution in [0.5, 0.6) is 0 Å². The van der Waals surface area contributed by atoms with E-state index in [0.29, 0.717) is 10.0 Å². The van der Waals surface area contributed by atoms with Crippen LogP contribution in [0.25, 0.3) is 11.0 Å². The Morgan fingerprint density at radius 3 is 2.76 bits per heavy atom. The van der Waals surface area contributed by atoms with E-state index < -0.39 is 0 Å². The molecule has 0 spiro atoms. The van der Waals surface area contributed by atoms with E-state index in [2.05, 4.69) is 9.55 Å². The molecule has 2 unspecified atom stereocenters. The lowest BCUT2D eigenvalue weighted by Crippen LogP contribution is -2.25. The fourth-order valence-electron chi connectivity index (χ4n) is 2.79. The zero-order valence-electron chi connectivity index (χ0n) is 11.8. The van der Waals surface area contributed by atoms with Gasteiger partial charge in [-0.2, -0.15) is 0 Å². The Morgan fingerprint density at radius 1 is 1.33 bits per heavy atom. The summed E-state index contributed by atoms with van der Waals surface area (Å²) < 4.78 is 7.95. The molecule has 0 bridgehead atoms. The third-order valence-electron chi connectivity index (χ3n) is 3.84. The molecule has 2 atom stereocenters. The van der Waals surface area contributed by atoms with Crippen LogP contribution in [-0.2, 0) is 11.3 Å². The first-order chi connectivity index (χ1) is 10.1. The van der Waals surface area contributed by atoms with Gasteiger partial charge in [-0.3, -0.25) is 0 Å². The van der Waals surface area contributed by atoms with Gasteiger partial charge in [0.2, 0.25) is 0 Å². The van der Waals surface area contributed by atoms with Crippen LogP contribution >= 0.6 is 34.8 Å². The van der Waals surface area contributed by atoms with Crippen molar-refractivity contribution in [1.82, 2.24) is 9.55 Å². The molecule has 0 saturated carbocycles. The lowest BCUT2D eigenvalue weighted by Gasteiger charge is -2.24. The summed E-state index contributed by atoms with van der Waals surface area (Å²) in [5.74, 6) is 0.833. The highest BCUT2D eigenvalue weighted by atomic mass is 35.5. The SMILES string of the molecule is CC(Cl)c1nc2cc(Cl)c(Cl)cc2n1CC1CCCCO1. The topological polar surface area (TPSA) is 27.1 Å². The zero-order valence-corrected chi connectivity index (χ0v) is 14.0. The molecule has 0 aliphatic carbocycles. The van der Waals surface area contributed by atoms with Crippen molar-refractivity contribution in [3.05, 3.63) is 28.0 Å². The molecule has 0 N–H and O–H groups in total. The molecule has 21 heavy (non-hydrogen) atoms. The molecule has 0 amide bonds. The number of fused-ring (bicyclic) bond motifs is 1. The standard InChI is InChI=1S/C15H17Cl3N2O/c1-9(16)15-19-13-6-11(17)12(18)7-14(13)20(15)8-10-4-2-3-5-21-10/h6-7,9-10H,2-5,8H2,1H3. The van der Waals surface area contributed by atoms with E-state index in [9.17, 15) is 0 Å².